The predicted octanol–water partition coefficient (Wildman–Crippen LogP) is 4.22. The molecule has 0 saturated carbocycles. The first-order valence-corrected chi connectivity index (χ1v) is 7.35. The number of anilines is 1. The molecular weight excluding hydrogens is 262 g/mol. The van der Waals surface area contributed by atoms with E-state index in [1.165, 1.54) is 5.56 Å². The van der Waals surface area contributed by atoms with E-state index < -0.39 is 0 Å². The van der Waals surface area contributed by atoms with Crippen molar-refractivity contribution < 1.29 is 4.79 Å². The lowest BCUT2D eigenvalue weighted by Gasteiger charge is -2.17. The molecule has 0 aliphatic rings. The fraction of sp³-hybridized carbons (Fsp3) is 0.412. The Hall–Kier alpha value is -2.10. The third kappa shape index (κ3) is 3.32. The Bertz CT molecular complexity index is 641. The van der Waals surface area contributed by atoms with E-state index >= 15 is 0 Å². The van der Waals surface area contributed by atoms with E-state index in [0.717, 1.165) is 16.9 Å². The molecule has 0 unspecified atom stereocenters. The molecule has 0 fully saturated rings. The van der Waals surface area contributed by atoms with Crippen LogP contribution in [0.5, 0.6) is 0 Å². The smallest absolute Gasteiger partial charge is 0.259 e. The number of nitrogens with zero attached hydrogens (tertiary/aromatic N) is 1. The van der Waals surface area contributed by atoms with Gasteiger partial charge in [0.2, 0.25) is 0 Å². The Balaban J connectivity index is 2.31. The van der Waals surface area contributed by atoms with Crippen LogP contribution in [0.2, 0.25) is 0 Å². The number of aromatic nitrogens is 2. The van der Waals surface area contributed by atoms with Gasteiger partial charge < -0.3 is 5.32 Å². The zero-order valence-electron chi connectivity index (χ0n) is 13.3. The average Bonchev–Trinajstić information content (AvgIpc) is 2.85. The van der Waals surface area contributed by atoms with Crippen molar-refractivity contribution in [1.29, 1.82) is 0 Å². The molecule has 2 N–H and O–H groups in total. The summed E-state index contributed by atoms with van der Waals surface area (Å²) in [5.41, 5.74) is 4.68. The van der Waals surface area contributed by atoms with E-state index in [-0.39, 0.29) is 5.91 Å². The normalized spacial score (nSPS) is 11.2. The molecule has 1 heterocycles. The fourth-order valence-electron chi connectivity index (χ4n) is 2.30. The molecule has 1 amide bonds. The van der Waals surface area contributed by atoms with E-state index in [2.05, 4.69) is 55.3 Å². The first kappa shape index (κ1) is 15.3. The van der Waals surface area contributed by atoms with Crippen molar-refractivity contribution in [1.82, 2.24) is 10.2 Å². The van der Waals surface area contributed by atoms with Gasteiger partial charge in [0.05, 0.1) is 11.8 Å². The highest BCUT2D eigenvalue weighted by molar-refractivity contribution is 6.05. The molecule has 0 atom stereocenters. The maximum absolute atomic E-state index is 12.3. The predicted molar refractivity (Wildman–Crippen MR) is 85.9 cm³/mol. The van der Waals surface area contributed by atoms with E-state index in [4.69, 9.17) is 0 Å². The second-order valence-electron chi connectivity index (χ2n) is 6.02. The molecule has 0 aliphatic heterocycles. The lowest BCUT2D eigenvalue weighted by atomic mass is 9.94. The standard InChI is InChI=1S/C17H23N3O/c1-10(2)13-6-7-16(14(8-13)11(3)4)19-17(21)15-9-18-20-12(15)5/h6-11H,1-5H3,(H,18,20)(H,19,21). The number of amides is 1. The van der Waals surface area contributed by atoms with Crippen molar-refractivity contribution in [3.63, 3.8) is 0 Å². The SMILES string of the molecule is Cc1[nH]ncc1C(=O)Nc1ccc(C(C)C)cc1C(C)C. The number of benzene rings is 1. The molecule has 1 aromatic carbocycles. The molecule has 4 nitrogen and oxygen atoms in total. The van der Waals surface area contributed by atoms with Crippen molar-refractivity contribution in [2.75, 3.05) is 5.32 Å². The van der Waals surface area contributed by atoms with Gasteiger partial charge in [-0.15, -0.1) is 0 Å². The van der Waals surface area contributed by atoms with E-state index in [0.29, 0.717) is 17.4 Å². The highest BCUT2D eigenvalue weighted by atomic mass is 16.1. The number of rotatable bonds is 4. The number of carbonyl (C=O) groups excluding carboxylic acids is 1. The fourth-order valence-corrected chi connectivity index (χ4v) is 2.30. The van der Waals surface area contributed by atoms with Crippen molar-refractivity contribution in [2.45, 2.75) is 46.5 Å². The maximum atomic E-state index is 12.3. The maximum Gasteiger partial charge on any atom is 0.259 e. The summed E-state index contributed by atoms with van der Waals surface area (Å²) in [6, 6.07) is 6.26. The van der Waals surface area contributed by atoms with Crippen LogP contribution in [0.25, 0.3) is 0 Å². The molecule has 112 valence electrons. The van der Waals surface area contributed by atoms with Crippen molar-refractivity contribution in [2.24, 2.45) is 0 Å². The topological polar surface area (TPSA) is 57.8 Å². The number of H-pyrrole nitrogens is 1. The van der Waals surface area contributed by atoms with Crippen LogP contribution in [0.3, 0.4) is 0 Å². The second kappa shape index (κ2) is 6.12. The summed E-state index contributed by atoms with van der Waals surface area (Å²) in [7, 11) is 0. The molecule has 21 heavy (non-hydrogen) atoms. The Morgan fingerprint density at radius 1 is 1.19 bits per heavy atom. The molecule has 0 radical (unpaired) electrons. The number of hydrogen-bond acceptors (Lipinski definition) is 2. The van der Waals surface area contributed by atoms with Gasteiger partial charge in [-0.2, -0.15) is 5.10 Å². The molecule has 0 aliphatic carbocycles. The molecule has 2 rings (SSSR count). The van der Waals surface area contributed by atoms with Crippen LogP contribution in [0.15, 0.2) is 24.4 Å². The van der Waals surface area contributed by atoms with Gasteiger partial charge in [0.25, 0.3) is 5.91 Å². The Kier molecular flexibility index (Phi) is 4.46. The quantitative estimate of drug-likeness (QED) is 0.883. The minimum Gasteiger partial charge on any atom is -0.322 e. The van der Waals surface area contributed by atoms with E-state index in [1.807, 2.05) is 13.0 Å². The number of nitrogens with one attached hydrogen (secondary N) is 2. The van der Waals surface area contributed by atoms with E-state index in [9.17, 15) is 4.79 Å². The van der Waals surface area contributed by atoms with Crippen LogP contribution in [0.4, 0.5) is 5.69 Å². The van der Waals surface area contributed by atoms with Crippen LogP contribution in [-0.2, 0) is 0 Å². The van der Waals surface area contributed by atoms with E-state index in [1.54, 1.807) is 6.20 Å². The molecule has 1 aromatic heterocycles. The molecule has 0 spiro atoms. The summed E-state index contributed by atoms with van der Waals surface area (Å²) in [6.45, 7) is 10.5. The zero-order chi connectivity index (χ0) is 15.6. The summed E-state index contributed by atoms with van der Waals surface area (Å²) in [5, 5.41) is 9.68. The monoisotopic (exact) mass is 285 g/mol. The van der Waals surface area contributed by atoms with Crippen LogP contribution in [0.1, 0.15) is 66.7 Å². The van der Waals surface area contributed by atoms with Crippen LogP contribution < -0.4 is 5.32 Å². The second-order valence-corrected chi connectivity index (χ2v) is 6.02. The summed E-state index contributed by atoms with van der Waals surface area (Å²) < 4.78 is 0. The van der Waals surface area contributed by atoms with Gasteiger partial charge in [-0.3, -0.25) is 9.89 Å². The Morgan fingerprint density at radius 2 is 1.90 bits per heavy atom. The highest BCUT2D eigenvalue weighted by Crippen LogP contribution is 2.28. The van der Waals surface area contributed by atoms with Gasteiger partial charge in [0.1, 0.15) is 0 Å². The number of aromatic amines is 1. The first-order valence-electron chi connectivity index (χ1n) is 7.35. The van der Waals surface area contributed by atoms with Crippen molar-refractivity contribution >= 4 is 11.6 Å². The zero-order valence-corrected chi connectivity index (χ0v) is 13.3. The number of carbonyl (C=O) groups is 1. The third-order valence-corrected chi connectivity index (χ3v) is 3.69. The van der Waals surface area contributed by atoms with Crippen LogP contribution in [0, 0.1) is 6.92 Å². The van der Waals surface area contributed by atoms with Crippen molar-refractivity contribution in [3.8, 4) is 0 Å². The van der Waals surface area contributed by atoms with Crippen LogP contribution in [-0.4, -0.2) is 16.1 Å². The average molecular weight is 285 g/mol. The summed E-state index contributed by atoms with van der Waals surface area (Å²) >= 11 is 0. The highest BCUT2D eigenvalue weighted by Gasteiger charge is 2.15. The lowest BCUT2D eigenvalue weighted by Crippen LogP contribution is -2.14. The third-order valence-electron chi connectivity index (χ3n) is 3.69. The van der Waals surface area contributed by atoms with Crippen LogP contribution >= 0.6 is 0 Å². The van der Waals surface area contributed by atoms with Crippen molar-refractivity contribution in [3.05, 3.63) is 46.8 Å². The Morgan fingerprint density at radius 3 is 2.43 bits per heavy atom. The lowest BCUT2D eigenvalue weighted by molar-refractivity contribution is 0.102. The van der Waals surface area contributed by atoms with Gasteiger partial charge in [-0.1, -0.05) is 39.8 Å². The van der Waals surface area contributed by atoms with Gasteiger partial charge in [0.15, 0.2) is 0 Å². The largest absolute Gasteiger partial charge is 0.322 e. The minimum absolute atomic E-state index is 0.125. The molecule has 0 bridgehead atoms. The number of aryl methyl sites for hydroxylation is 1. The first-order chi connectivity index (χ1) is 9.90. The van der Waals surface area contributed by atoms with Gasteiger partial charge in [0, 0.05) is 11.4 Å². The molecule has 4 heteroatoms. The molecule has 0 saturated heterocycles. The summed E-state index contributed by atoms with van der Waals surface area (Å²) in [6.07, 6.45) is 1.56. The minimum atomic E-state index is -0.125. The van der Waals surface area contributed by atoms with Gasteiger partial charge in [-0.25, -0.2) is 0 Å². The van der Waals surface area contributed by atoms with Gasteiger partial charge >= 0.3 is 0 Å². The molecule has 2 aromatic rings. The molecular formula is C17H23N3O. The number of hydrogen-bond donors (Lipinski definition) is 2. The summed E-state index contributed by atoms with van der Waals surface area (Å²) in [4.78, 5) is 12.3. The Labute approximate surface area is 126 Å². The van der Waals surface area contributed by atoms with Gasteiger partial charge in [-0.05, 0) is 36.0 Å². The summed E-state index contributed by atoms with van der Waals surface area (Å²) in [5.74, 6) is 0.702.